The van der Waals surface area contributed by atoms with Crippen LogP contribution in [0.15, 0.2) is 42.5 Å². The van der Waals surface area contributed by atoms with Crippen LogP contribution in [0.25, 0.3) is 0 Å². The largest absolute Gasteiger partial charge is 0.486 e. The van der Waals surface area contributed by atoms with E-state index in [1.54, 1.807) is 0 Å². The van der Waals surface area contributed by atoms with Crippen molar-refractivity contribution in [3.05, 3.63) is 64.7 Å². The summed E-state index contributed by atoms with van der Waals surface area (Å²) in [5, 5.41) is 8.78. The number of hydrogen-bond acceptors (Lipinski definition) is 2. The molecular formula is C19H20O3. The number of carboxylic acids is 1. The predicted molar refractivity (Wildman–Crippen MR) is 85.3 cm³/mol. The van der Waals surface area contributed by atoms with Gasteiger partial charge in [-0.25, -0.2) is 0 Å². The Morgan fingerprint density at radius 2 is 2.09 bits per heavy atom. The summed E-state index contributed by atoms with van der Waals surface area (Å²) in [6, 6.07) is 14.4. The summed E-state index contributed by atoms with van der Waals surface area (Å²) in [5.41, 5.74) is 4.82. The van der Waals surface area contributed by atoms with Crippen molar-refractivity contribution in [1.82, 2.24) is 0 Å². The minimum absolute atomic E-state index is 0.125. The van der Waals surface area contributed by atoms with Gasteiger partial charge in [-0.3, -0.25) is 4.79 Å². The molecule has 3 nitrogen and oxygen atoms in total. The molecule has 2 aromatic rings. The monoisotopic (exact) mass is 296 g/mol. The number of carboxylic acid groups (broad SMARTS) is 1. The highest BCUT2D eigenvalue weighted by atomic mass is 16.5. The quantitative estimate of drug-likeness (QED) is 0.904. The van der Waals surface area contributed by atoms with Gasteiger partial charge in [-0.2, -0.15) is 0 Å². The van der Waals surface area contributed by atoms with Gasteiger partial charge in [0.2, 0.25) is 0 Å². The number of aryl methyl sites for hydroxylation is 3. The molecule has 0 fully saturated rings. The average Bonchev–Trinajstić information content (AvgIpc) is 2.90. The SMILES string of the molecule is Cc1cc(O[C@@H]2CCc3ccccc32)ccc1CCC(=O)O. The van der Waals surface area contributed by atoms with Gasteiger partial charge in [0.05, 0.1) is 0 Å². The molecule has 0 radical (unpaired) electrons. The molecule has 22 heavy (non-hydrogen) atoms. The zero-order valence-corrected chi connectivity index (χ0v) is 12.7. The van der Waals surface area contributed by atoms with E-state index in [9.17, 15) is 4.79 Å². The Balaban J connectivity index is 1.72. The molecule has 0 aliphatic heterocycles. The third-order valence-electron chi connectivity index (χ3n) is 4.28. The molecular weight excluding hydrogens is 276 g/mol. The second-order valence-electron chi connectivity index (χ2n) is 5.83. The maximum Gasteiger partial charge on any atom is 0.303 e. The van der Waals surface area contributed by atoms with Gasteiger partial charge in [0.25, 0.3) is 0 Å². The third-order valence-corrected chi connectivity index (χ3v) is 4.28. The maximum absolute atomic E-state index is 10.7. The van der Waals surface area contributed by atoms with E-state index in [2.05, 4.69) is 24.3 Å². The van der Waals surface area contributed by atoms with E-state index >= 15 is 0 Å². The zero-order valence-electron chi connectivity index (χ0n) is 12.7. The minimum Gasteiger partial charge on any atom is -0.486 e. The summed E-state index contributed by atoms with van der Waals surface area (Å²) in [6.45, 7) is 2.01. The van der Waals surface area contributed by atoms with Gasteiger partial charge in [0.15, 0.2) is 0 Å². The van der Waals surface area contributed by atoms with Crippen molar-refractivity contribution in [2.45, 2.75) is 38.7 Å². The Morgan fingerprint density at radius 1 is 1.27 bits per heavy atom. The van der Waals surface area contributed by atoms with E-state index in [-0.39, 0.29) is 12.5 Å². The van der Waals surface area contributed by atoms with Crippen molar-refractivity contribution >= 4 is 5.97 Å². The van der Waals surface area contributed by atoms with Crippen LogP contribution < -0.4 is 4.74 Å². The Hall–Kier alpha value is -2.29. The number of ether oxygens (including phenoxy) is 1. The summed E-state index contributed by atoms with van der Waals surface area (Å²) >= 11 is 0. The summed E-state index contributed by atoms with van der Waals surface area (Å²) in [7, 11) is 0. The van der Waals surface area contributed by atoms with Crippen LogP contribution in [0.1, 0.15) is 41.2 Å². The second-order valence-corrected chi connectivity index (χ2v) is 5.83. The van der Waals surface area contributed by atoms with Crippen LogP contribution in [-0.2, 0) is 17.6 Å². The molecule has 0 saturated heterocycles. The van der Waals surface area contributed by atoms with Crippen molar-refractivity contribution in [3.8, 4) is 5.75 Å². The van der Waals surface area contributed by atoms with Crippen molar-refractivity contribution in [3.63, 3.8) is 0 Å². The molecule has 3 heteroatoms. The fourth-order valence-electron chi connectivity index (χ4n) is 3.07. The molecule has 0 aromatic heterocycles. The highest BCUT2D eigenvalue weighted by Gasteiger charge is 2.23. The molecule has 3 rings (SSSR count). The van der Waals surface area contributed by atoms with E-state index in [1.807, 2.05) is 25.1 Å². The predicted octanol–water partition coefficient (Wildman–Crippen LogP) is 4.08. The first kappa shape index (κ1) is 14.6. The van der Waals surface area contributed by atoms with Crippen LogP contribution in [0.3, 0.4) is 0 Å². The molecule has 0 saturated carbocycles. The lowest BCUT2D eigenvalue weighted by Crippen LogP contribution is -2.04. The summed E-state index contributed by atoms with van der Waals surface area (Å²) in [4.78, 5) is 10.7. The van der Waals surface area contributed by atoms with Crippen molar-refractivity contribution in [2.75, 3.05) is 0 Å². The van der Waals surface area contributed by atoms with Crippen LogP contribution in [0.2, 0.25) is 0 Å². The van der Waals surface area contributed by atoms with E-state index in [0.29, 0.717) is 6.42 Å². The van der Waals surface area contributed by atoms with Gasteiger partial charge in [-0.05, 0) is 60.6 Å². The molecule has 1 aliphatic carbocycles. The minimum atomic E-state index is -0.762. The first-order valence-corrected chi connectivity index (χ1v) is 7.69. The Kier molecular flexibility index (Phi) is 4.14. The average molecular weight is 296 g/mol. The lowest BCUT2D eigenvalue weighted by Gasteiger charge is -2.16. The first-order valence-electron chi connectivity index (χ1n) is 7.69. The van der Waals surface area contributed by atoms with Gasteiger partial charge < -0.3 is 9.84 Å². The Morgan fingerprint density at radius 3 is 2.86 bits per heavy atom. The molecule has 0 heterocycles. The lowest BCUT2D eigenvalue weighted by molar-refractivity contribution is -0.136. The molecule has 1 atom stereocenters. The number of hydrogen-bond donors (Lipinski definition) is 1. The molecule has 0 unspecified atom stereocenters. The molecule has 0 amide bonds. The molecule has 0 bridgehead atoms. The number of carbonyl (C=O) groups is 1. The van der Waals surface area contributed by atoms with Gasteiger partial charge in [0, 0.05) is 6.42 Å². The highest BCUT2D eigenvalue weighted by Crippen LogP contribution is 2.35. The fraction of sp³-hybridized carbons (Fsp3) is 0.316. The molecule has 0 spiro atoms. The van der Waals surface area contributed by atoms with Gasteiger partial charge in [-0.15, -0.1) is 0 Å². The zero-order chi connectivity index (χ0) is 15.5. The Labute approximate surface area is 130 Å². The number of aliphatic carboxylic acids is 1. The number of benzene rings is 2. The Bertz CT molecular complexity index is 691. The first-order chi connectivity index (χ1) is 10.6. The van der Waals surface area contributed by atoms with Crippen molar-refractivity contribution in [2.24, 2.45) is 0 Å². The van der Waals surface area contributed by atoms with E-state index in [1.165, 1.54) is 11.1 Å². The normalized spacial score (nSPS) is 16.3. The molecule has 1 N–H and O–H groups in total. The number of fused-ring (bicyclic) bond motifs is 1. The van der Waals surface area contributed by atoms with Crippen LogP contribution in [0, 0.1) is 6.92 Å². The summed E-state index contributed by atoms with van der Waals surface area (Å²) < 4.78 is 6.15. The maximum atomic E-state index is 10.7. The van der Waals surface area contributed by atoms with Crippen LogP contribution in [-0.4, -0.2) is 11.1 Å². The van der Waals surface area contributed by atoms with E-state index in [0.717, 1.165) is 29.7 Å². The van der Waals surface area contributed by atoms with E-state index < -0.39 is 5.97 Å². The third kappa shape index (κ3) is 3.14. The van der Waals surface area contributed by atoms with Crippen LogP contribution in [0.5, 0.6) is 5.75 Å². The molecule has 2 aromatic carbocycles. The van der Waals surface area contributed by atoms with Crippen molar-refractivity contribution < 1.29 is 14.6 Å². The standard InChI is InChI=1S/C19H20O3/c1-13-12-16(9-6-14(13)8-11-19(20)21)22-18-10-7-15-4-2-3-5-17(15)18/h2-6,9,12,18H,7-8,10-11H2,1H3,(H,20,21)/t18-/m1/s1. The van der Waals surface area contributed by atoms with Gasteiger partial charge in [0.1, 0.15) is 11.9 Å². The summed E-state index contributed by atoms with van der Waals surface area (Å²) in [5.74, 6) is 0.0977. The van der Waals surface area contributed by atoms with Crippen LogP contribution >= 0.6 is 0 Å². The van der Waals surface area contributed by atoms with E-state index in [4.69, 9.17) is 9.84 Å². The van der Waals surface area contributed by atoms with Gasteiger partial charge >= 0.3 is 5.97 Å². The lowest BCUT2D eigenvalue weighted by atomic mass is 10.0. The topological polar surface area (TPSA) is 46.5 Å². The molecule has 114 valence electrons. The van der Waals surface area contributed by atoms with Crippen LogP contribution in [0.4, 0.5) is 0 Å². The summed E-state index contributed by atoms with van der Waals surface area (Å²) in [6.07, 6.45) is 2.93. The van der Waals surface area contributed by atoms with Gasteiger partial charge in [-0.1, -0.05) is 30.3 Å². The molecule has 1 aliphatic rings. The smallest absolute Gasteiger partial charge is 0.303 e. The number of rotatable bonds is 5. The fourth-order valence-corrected chi connectivity index (χ4v) is 3.07. The van der Waals surface area contributed by atoms with Crippen molar-refractivity contribution in [1.29, 1.82) is 0 Å². The highest BCUT2D eigenvalue weighted by molar-refractivity contribution is 5.67. The second kappa shape index (κ2) is 6.22.